The average Bonchev–Trinajstić information content (AvgIpc) is 3.12. The van der Waals surface area contributed by atoms with E-state index in [4.69, 9.17) is 11.5 Å². The first kappa shape index (κ1) is 18.3. The number of aromatic nitrogens is 3. The average molecular weight is 381 g/mol. The van der Waals surface area contributed by atoms with E-state index in [-0.39, 0.29) is 5.78 Å². The van der Waals surface area contributed by atoms with Gasteiger partial charge in [-0.05, 0) is 23.8 Å². The molecule has 29 heavy (non-hydrogen) atoms. The van der Waals surface area contributed by atoms with E-state index in [0.29, 0.717) is 35.6 Å². The van der Waals surface area contributed by atoms with Gasteiger partial charge in [0.25, 0.3) is 0 Å². The molecule has 4 aromatic rings. The van der Waals surface area contributed by atoms with Gasteiger partial charge < -0.3 is 11.5 Å². The van der Waals surface area contributed by atoms with E-state index in [0.717, 1.165) is 22.0 Å². The highest BCUT2D eigenvalue weighted by atomic mass is 16.1. The maximum Gasteiger partial charge on any atom is 0.163 e. The van der Waals surface area contributed by atoms with E-state index in [1.165, 1.54) is 0 Å². The number of aromatic amines is 1. The molecule has 4 rings (SSSR count). The first-order chi connectivity index (χ1) is 14.1. The molecule has 2 aromatic carbocycles. The summed E-state index contributed by atoms with van der Waals surface area (Å²) in [5, 5.41) is 7.75. The number of pyridine rings is 1. The second kappa shape index (κ2) is 7.87. The van der Waals surface area contributed by atoms with Gasteiger partial charge in [-0.1, -0.05) is 48.2 Å². The second-order valence-electron chi connectivity index (χ2n) is 6.58. The third-order valence-corrected chi connectivity index (χ3v) is 4.67. The van der Waals surface area contributed by atoms with E-state index < -0.39 is 0 Å². The summed E-state index contributed by atoms with van der Waals surface area (Å²) < 4.78 is 0. The zero-order valence-corrected chi connectivity index (χ0v) is 15.6. The van der Waals surface area contributed by atoms with Gasteiger partial charge in [0.2, 0.25) is 0 Å². The van der Waals surface area contributed by atoms with Crippen LogP contribution in [-0.2, 0) is 0 Å². The minimum Gasteiger partial charge on any atom is -0.383 e. The van der Waals surface area contributed by atoms with Crippen molar-refractivity contribution in [1.29, 1.82) is 0 Å². The molecule has 0 atom stereocenters. The van der Waals surface area contributed by atoms with Crippen LogP contribution in [0.5, 0.6) is 0 Å². The zero-order valence-electron chi connectivity index (χ0n) is 15.6. The number of nitrogen functional groups attached to an aromatic ring is 2. The van der Waals surface area contributed by atoms with Gasteiger partial charge >= 0.3 is 0 Å². The van der Waals surface area contributed by atoms with E-state index >= 15 is 0 Å². The number of H-pyrrole nitrogens is 1. The summed E-state index contributed by atoms with van der Waals surface area (Å²) in [6, 6.07) is 16.9. The summed E-state index contributed by atoms with van der Waals surface area (Å²) in [7, 11) is 0. The number of hydrogen-bond donors (Lipinski definition) is 3. The Morgan fingerprint density at radius 3 is 2.69 bits per heavy atom. The number of carbonyl (C=O) groups excluding carboxylic acids is 1. The van der Waals surface area contributed by atoms with Crippen LogP contribution in [0.25, 0.3) is 22.0 Å². The van der Waals surface area contributed by atoms with E-state index in [1.807, 2.05) is 54.6 Å². The third-order valence-electron chi connectivity index (χ3n) is 4.67. The van der Waals surface area contributed by atoms with Gasteiger partial charge in [-0.2, -0.15) is 5.10 Å². The third kappa shape index (κ3) is 3.80. The maximum atomic E-state index is 12.2. The monoisotopic (exact) mass is 381 g/mol. The van der Waals surface area contributed by atoms with Gasteiger partial charge in [-0.3, -0.25) is 9.89 Å². The Kier molecular flexibility index (Phi) is 4.95. The van der Waals surface area contributed by atoms with Crippen molar-refractivity contribution >= 4 is 28.3 Å². The summed E-state index contributed by atoms with van der Waals surface area (Å²) in [6.07, 6.45) is 2.44. The lowest BCUT2D eigenvalue weighted by molar-refractivity contribution is 0.0984. The molecule has 0 fully saturated rings. The van der Waals surface area contributed by atoms with Crippen LogP contribution in [-0.4, -0.2) is 21.0 Å². The lowest BCUT2D eigenvalue weighted by Crippen LogP contribution is -1.98. The van der Waals surface area contributed by atoms with Gasteiger partial charge in [0.1, 0.15) is 5.82 Å². The van der Waals surface area contributed by atoms with Crippen LogP contribution in [0, 0.1) is 11.8 Å². The first-order valence-electron chi connectivity index (χ1n) is 9.19. The number of fused-ring (bicyclic) bond motifs is 1. The number of benzene rings is 2. The maximum absolute atomic E-state index is 12.2. The Labute approximate surface area is 168 Å². The number of ketones is 1. The Morgan fingerprint density at radius 1 is 1.03 bits per heavy atom. The SMILES string of the molecule is Nc1nccc(-c2ccc3[nH]nc(N)c3c2)c1C#CCCC(=O)c1ccccc1. The summed E-state index contributed by atoms with van der Waals surface area (Å²) in [5.74, 6) is 7.02. The van der Waals surface area contributed by atoms with Crippen LogP contribution in [0.3, 0.4) is 0 Å². The minimum absolute atomic E-state index is 0.0696. The molecule has 6 heteroatoms. The molecule has 0 radical (unpaired) electrons. The largest absolute Gasteiger partial charge is 0.383 e. The molecule has 0 aliphatic rings. The smallest absolute Gasteiger partial charge is 0.163 e. The lowest BCUT2D eigenvalue weighted by Gasteiger charge is -2.07. The van der Waals surface area contributed by atoms with E-state index in [9.17, 15) is 4.79 Å². The van der Waals surface area contributed by atoms with Crippen LogP contribution in [0.4, 0.5) is 11.6 Å². The molecule has 0 unspecified atom stereocenters. The van der Waals surface area contributed by atoms with Crippen molar-refractivity contribution < 1.29 is 4.79 Å². The zero-order chi connectivity index (χ0) is 20.2. The van der Waals surface area contributed by atoms with Gasteiger partial charge in [0, 0.05) is 35.6 Å². The molecule has 0 spiro atoms. The van der Waals surface area contributed by atoms with Crippen LogP contribution >= 0.6 is 0 Å². The minimum atomic E-state index is 0.0696. The Balaban J connectivity index is 1.59. The fourth-order valence-electron chi connectivity index (χ4n) is 3.15. The number of carbonyl (C=O) groups is 1. The Morgan fingerprint density at radius 2 is 1.86 bits per heavy atom. The molecule has 0 aliphatic heterocycles. The van der Waals surface area contributed by atoms with Crippen molar-refractivity contribution in [3.05, 3.63) is 71.9 Å². The fourth-order valence-corrected chi connectivity index (χ4v) is 3.15. The molecule has 0 bridgehead atoms. The van der Waals surface area contributed by atoms with Crippen LogP contribution in [0.15, 0.2) is 60.8 Å². The molecule has 0 amide bonds. The lowest BCUT2D eigenvalue weighted by atomic mass is 9.99. The second-order valence-corrected chi connectivity index (χ2v) is 6.58. The van der Waals surface area contributed by atoms with Crippen LogP contribution < -0.4 is 11.5 Å². The van der Waals surface area contributed by atoms with Crippen molar-refractivity contribution in [3.8, 4) is 23.0 Å². The van der Waals surface area contributed by atoms with Crippen molar-refractivity contribution in [3.63, 3.8) is 0 Å². The summed E-state index contributed by atoms with van der Waals surface area (Å²) >= 11 is 0. The molecule has 5 N–H and O–H groups in total. The Hall–Kier alpha value is -4.11. The Bertz CT molecular complexity index is 1250. The topological polar surface area (TPSA) is 111 Å². The molecule has 2 heterocycles. The van der Waals surface area contributed by atoms with Gasteiger partial charge in [-0.25, -0.2) is 4.98 Å². The highest BCUT2D eigenvalue weighted by Gasteiger charge is 2.10. The first-order valence-corrected chi connectivity index (χ1v) is 9.19. The fraction of sp³-hybridized carbons (Fsp3) is 0.0870. The molecular formula is C23H19N5O. The molecule has 6 nitrogen and oxygen atoms in total. The van der Waals surface area contributed by atoms with Crippen molar-refractivity contribution in [1.82, 2.24) is 15.2 Å². The molecule has 2 aromatic heterocycles. The number of nitrogens with zero attached hydrogens (tertiary/aromatic N) is 2. The number of hydrogen-bond acceptors (Lipinski definition) is 5. The van der Waals surface area contributed by atoms with Gasteiger partial charge in [-0.15, -0.1) is 0 Å². The highest BCUT2D eigenvalue weighted by molar-refractivity contribution is 5.96. The molecule has 0 saturated heterocycles. The van der Waals surface area contributed by atoms with Gasteiger partial charge in [0.05, 0.1) is 11.1 Å². The standard InChI is InChI=1S/C23H19N5O/c24-22-18(8-4-5-9-21(29)15-6-2-1-3-7-15)17(12-13-26-22)16-10-11-20-19(14-16)23(25)28-27-20/h1-3,6-7,10-14H,5,9H2,(H2,24,26)(H3,25,27,28). The number of rotatable bonds is 4. The highest BCUT2D eigenvalue weighted by Crippen LogP contribution is 2.30. The molecule has 0 saturated carbocycles. The number of Topliss-reactive ketones (excluding diaryl/α,β-unsaturated/α-hetero) is 1. The summed E-state index contributed by atoms with van der Waals surface area (Å²) in [5.41, 5.74) is 16.0. The molecular weight excluding hydrogens is 362 g/mol. The molecule has 0 aliphatic carbocycles. The van der Waals surface area contributed by atoms with Crippen molar-refractivity contribution in [2.75, 3.05) is 11.5 Å². The molecule has 142 valence electrons. The predicted molar refractivity (Wildman–Crippen MR) is 115 cm³/mol. The quantitative estimate of drug-likeness (QED) is 0.368. The van der Waals surface area contributed by atoms with E-state index in [2.05, 4.69) is 27.0 Å². The normalized spacial score (nSPS) is 10.5. The number of nitrogens with two attached hydrogens (primary N) is 2. The van der Waals surface area contributed by atoms with Crippen molar-refractivity contribution in [2.24, 2.45) is 0 Å². The van der Waals surface area contributed by atoms with Crippen molar-refractivity contribution in [2.45, 2.75) is 12.8 Å². The van der Waals surface area contributed by atoms with Crippen LogP contribution in [0.1, 0.15) is 28.8 Å². The summed E-state index contributed by atoms with van der Waals surface area (Å²) in [4.78, 5) is 16.4. The number of anilines is 2. The summed E-state index contributed by atoms with van der Waals surface area (Å²) in [6.45, 7) is 0. The van der Waals surface area contributed by atoms with Crippen LogP contribution in [0.2, 0.25) is 0 Å². The van der Waals surface area contributed by atoms with E-state index in [1.54, 1.807) is 6.20 Å². The number of nitrogens with one attached hydrogen (secondary N) is 1. The van der Waals surface area contributed by atoms with Gasteiger partial charge in [0.15, 0.2) is 11.6 Å². The predicted octanol–water partition coefficient (Wildman–Crippen LogP) is 3.80.